The molecule has 0 N–H and O–H groups in total. The van der Waals surface area contributed by atoms with Crippen LogP contribution in [0, 0.1) is 0 Å². The fourth-order valence-corrected chi connectivity index (χ4v) is 2.16. The van der Waals surface area contributed by atoms with Crippen LogP contribution in [0.1, 0.15) is 5.56 Å². The Kier molecular flexibility index (Phi) is 2.22. The third-order valence-electron chi connectivity index (χ3n) is 2.41. The van der Waals surface area contributed by atoms with Crippen molar-refractivity contribution >= 4 is 33.6 Å². The maximum atomic E-state index is 11.3. The molecule has 0 saturated heterocycles. The first kappa shape index (κ1) is 9.54. The van der Waals surface area contributed by atoms with Crippen molar-refractivity contribution in [2.75, 3.05) is 5.94 Å². The Balaban J connectivity index is 2.15. The highest BCUT2D eigenvalue weighted by Gasteiger charge is 2.17. The van der Waals surface area contributed by atoms with Gasteiger partial charge in [-0.1, -0.05) is 18.2 Å². The third kappa shape index (κ3) is 1.51. The average Bonchev–Trinajstić information content (AvgIpc) is 2.72. The average molecular weight is 232 g/mol. The van der Waals surface area contributed by atoms with E-state index in [0.29, 0.717) is 11.7 Å². The van der Waals surface area contributed by atoms with Gasteiger partial charge < -0.3 is 9.15 Å². The highest BCUT2D eigenvalue weighted by atomic mass is 32.2. The van der Waals surface area contributed by atoms with Crippen molar-refractivity contribution in [1.29, 1.82) is 0 Å². The first-order chi connectivity index (χ1) is 7.84. The zero-order valence-electron chi connectivity index (χ0n) is 8.30. The fourth-order valence-electron chi connectivity index (χ4n) is 1.67. The van der Waals surface area contributed by atoms with E-state index >= 15 is 0 Å². The van der Waals surface area contributed by atoms with E-state index in [1.807, 2.05) is 24.3 Å². The highest BCUT2D eigenvalue weighted by Crippen LogP contribution is 2.31. The van der Waals surface area contributed by atoms with Crippen LogP contribution in [0.15, 0.2) is 41.0 Å². The molecule has 0 atom stereocenters. The Morgan fingerprint density at radius 1 is 1.25 bits per heavy atom. The van der Waals surface area contributed by atoms with Crippen LogP contribution in [0.25, 0.3) is 16.7 Å². The van der Waals surface area contributed by atoms with Gasteiger partial charge >= 0.3 is 0 Å². The molecule has 2 heterocycles. The van der Waals surface area contributed by atoms with Crippen molar-refractivity contribution < 1.29 is 13.9 Å². The number of hydrogen-bond acceptors (Lipinski definition) is 4. The quantitative estimate of drug-likeness (QED) is 0.757. The maximum absolute atomic E-state index is 11.3. The monoisotopic (exact) mass is 232 g/mol. The molecule has 0 bridgehead atoms. The second-order valence-corrected chi connectivity index (χ2v) is 4.31. The second-order valence-electron chi connectivity index (χ2n) is 3.38. The van der Waals surface area contributed by atoms with E-state index in [1.54, 1.807) is 6.26 Å². The fraction of sp³-hybridized carbons (Fsp3) is 0.0833. The van der Waals surface area contributed by atoms with Gasteiger partial charge in [-0.15, -0.1) is 0 Å². The normalized spacial score (nSPS) is 16.0. The maximum Gasteiger partial charge on any atom is 0.219 e. The van der Waals surface area contributed by atoms with Crippen molar-refractivity contribution in [2.45, 2.75) is 0 Å². The molecule has 0 spiro atoms. The molecular formula is C12H8O3S. The molecule has 3 nitrogen and oxygen atoms in total. The number of ether oxygens (including phenoxy) is 1. The minimum atomic E-state index is 0.0199. The van der Waals surface area contributed by atoms with Crippen molar-refractivity contribution in [3.63, 3.8) is 0 Å². The van der Waals surface area contributed by atoms with Crippen LogP contribution >= 0.6 is 11.8 Å². The van der Waals surface area contributed by atoms with E-state index in [0.717, 1.165) is 28.3 Å². The lowest BCUT2D eigenvalue weighted by Gasteiger charge is -2.12. The number of benzene rings is 1. The molecule has 0 fully saturated rings. The molecule has 3 rings (SSSR count). The lowest BCUT2D eigenvalue weighted by molar-refractivity contribution is -0.107. The number of hydrogen-bond donors (Lipinski definition) is 0. The van der Waals surface area contributed by atoms with Gasteiger partial charge in [0.2, 0.25) is 5.12 Å². The molecule has 0 radical (unpaired) electrons. The molecule has 1 aromatic heterocycles. The van der Waals surface area contributed by atoms with Gasteiger partial charge in [-0.25, -0.2) is 0 Å². The van der Waals surface area contributed by atoms with Crippen LogP contribution in [0.2, 0.25) is 0 Å². The van der Waals surface area contributed by atoms with Gasteiger partial charge in [-0.2, -0.15) is 0 Å². The molecule has 1 aromatic carbocycles. The summed E-state index contributed by atoms with van der Waals surface area (Å²) in [7, 11) is 0. The summed E-state index contributed by atoms with van der Waals surface area (Å²) in [6.07, 6.45) is 3.13. The highest BCUT2D eigenvalue weighted by molar-refractivity contribution is 8.14. The van der Waals surface area contributed by atoms with E-state index in [1.165, 1.54) is 6.08 Å². The van der Waals surface area contributed by atoms with Gasteiger partial charge in [0.25, 0.3) is 0 Å². The van der Waals surface area contributed by atoms with Gasteiger partial charge in [0.1, 0.15) is 23.5 Å². The van der Waals surface area contributed by atoms with Gasteiger partial charge in [0, 0.05) is 11.5 Å². The molecule has 4 heteroatoms. The third-order valence-corrected chi connectivity index (χ3v) is 3.05. The molecule has 16 heavy (non-hydrogen) atoms. The minimum Gasteiger partial charge on any atom is -0.482 e. The Morgan fingerprint density at radius 3 is 3.00 bits per heavy atom. The lowest BCUT2D eigenvalue weighted by Crippen LogP contribution is -2.02. The predicted molar refractivity (Wildman–Crippen MR) is 62.7 cm³/mol. The Bertz CT molecular complexity index is 583. The second kappa shape index (κ2) is 3.72. The molecule has 0 saturated carbocycles. The summed E-state index contributed by atoms with van der Waals surface area (Å²) in [6.45, 7) is 0. The van der Waals surface area contributed by atoms with Crippen molar-refractivity contribution in [2.24, 2.45) is 0 Å². The first-order valence-corrected chi connectivity index (χ1v) is 5.81. The van der Waals surface area contributed by atoms with Crippen LogP contribution in [0.4, 0.5) is 0 Å². The predicted octanol–water partition coefficient (Wildman–Crippen LogP) is 3.02. The molecule has 0 unspecified atom stereocenters. The summed E-state index contributed by atoms with van der Waals surface area (Å²) in [5, 5.41) is 0.986. The number of thioether (sulfide) groups is 1. The topological polar surface area (TPSA) is 39.4 Å². The smallest absolute Gasteiger partial charge is 0.219 e. The van der Waals surface area contributed by atoms with Crippen LogP contribution in [-0.4, -0.2) is 11.1 Å². The summed E-state index contributed by atoms with van der Waals surface area (Å²) >= 11 is 1.16. The summed E-state index contributed by atoms with van der Waals surface area (Å²) in [6, 6.07) is 7.68. The van der Waals surface area contributed by atoms with E-state index in [-0.39, 0.29) is 5.12 Å². The number of carbonyl (C=O) groups excluding carboxylic acids is 1. The molecule has 2 aromatic rings. The molecule has 0 amide bonds. The molecular weight excluding hydrogens is 224 g/mol. The number of fused-ring (bicyclic) bond motifs is 1. The molecule has 80 valence electrons. The number of furan rings is 1. The van der Waals surface area contributed by atoms with Gasteiger partial charge in [0.15, 0.2) is 0 Å². The van der Waals surface area contributed by atoms with Crippen molar-refractivity contribution in [3.05, 3.63) is 42.2 Å². The molecule has 1 aliphatic rings. The SMILES string of the molecule is O=C1C=C(c2coc3ccccc23)OCS1. The zero-order chi connectivity index (χ0) is 11.0. The summed E-state index contributed by atoms with van der Waals surface area (Å²) < 4.78 is 10.8. The van der Waals surface area contributed by atoms with Gasteiger partial charge in [-0.3, -0.25) is 4.79 Å². The standard InChI is InChI=1S/C12H8O3S/c13-12-5-11(15-7-16-12)9-6-14-10-4-2-1-3-8(9)10/h1-6H,7H2. The summed E-state index contributed by atoms with van der Waals surface area (Å²) in [5.41, 5.74) is 1.64. The van der Waals surface area contributed by atoms with Crippen LogP contribution in [0.5, 0.6) is 0 Å². The summed E-state index contributed by atoms with van der Waals surface area (Å²) in [5.74, 6) is 0.957. The molecule has 1 aliphatic heterocycles. The largest absolute Gasteiger partial charge is 0.482 e. The van der Waals surface area contributed by atoms with E-state index in [4.69, 9.17) is 9.15 Å². The van der Waals surface area contributed by atoms with Crippen LogP contribution in [0.3, 0.4) is 0 Å². The van der Waals surface area contributed by atoms with Crippen LogP contribution < -0.4 is 0 Å². The Hall–Kier alpha value is -1.68. The first-order valence-electron chi connectivity index (χ1n) is 4.82. The van der Waals surface area contributed by atoms with E-state index in [9.17, 15) is 4.79 Å². The zero-order valence-corrected chi connectivity index (χ0v) is 9.12. The van der Waals surface area contributed by atoms with Gasteiger partial charge in [-0.05, 0) is 17.8 Å². The number of rotatable bonds is 1. The number of para-hydroxylation sites is 1. The minimum absolute atomic E-state index is 0.0199. The van der Waals surface area contributed by atoms with E-state index < -0.39 is 0 Å². The van der Waals surface area contributed by atoms with E-state index in [2.05, 4.69) is 0 Å². The lowest BCUT2D eigenvalue weighted by atomic mass is 10.1. The Labute approximate surface area is 96.1 Å². The van der Waals surface area contributed by atoms with Gasteiger partial charge in [0.05, 0.1) is 5.56 Å². The van der Waals surface area contributed by atoms with Crippen LogP contribution in [-0.2, 0) is 9.53 Å². The summed E-state index contributed by atoms with van der Waals surface area (Å²) in [4.78, 5) is 11.3. The number of carbonyl (C=O) groups is 1. The van der Waals surface area contributed by atoms with Crippen molar-refractivity contribution in [1.82, 2.24) is 0 Å². The molecule has 0 aliphatic carbocycles. The Morgan fingerprint density at radius 2 is 2.12 bits per heavy atom. The van der Waals surface area contributed by atoms with Crippen molar-refractivity contribution in [3.8, 4) is 0 Å².